The monoisotopic (exact) mass is 355 g/mol. The molecule has 1 aromatic heterocycles. The lowest BCUT2D eigenvalue weighted by Crippen LogP contribution is -1.88. The molecule has 0 amide bonds. The van der Waals surface area contributed by atoms with E-state index in [9.17, 15) is 0 Å². The van der Waals surface area contributed by atoms with E-state index in [1.807, 2.05) is 0 Å². The van der Waals surface area contributed by atoms with Crippen LogP contribution in [0.1, 0.15) is 36.5 Å². The number of hydrogen-bond donors (Lipinski definition) is 1. The van der Waals surface area contributed by atoms with Crippen molar-refractivity contribution in [3.63, 3.8) is 0 Å². The summed E-state index contributed by atoms with van der Waals surface area (Å²) in [6, 6.07) is 17.1. The molecular weight excluding hydrogens is 334 g/mol. The van der Waals surface area contributed by atoms with Gasteiger partial charge in [-0.3, -0.25) is 0 Å². The number of aryl methyl sites for hydroxylation is 1. The van der Waals surface area contributed by atoms with Crippen LogP contribution in [0.2, 0.25) is 0 Å². The predicted octanol–water partition coefficient (Wildman–Crippen LogP) is 6.01. The third-order valence-corrected chi connectivity index (χ3v) is 5.76. The van der Waals surface area contributed by atoms with Crippen LogP contribution in [-0.4, -0.2) is 10.2 Å². The fourth-order valence-corrected chi connectivity index (χ4v) is 3.95. The molecule has 5 heteroatoms. The van der Waals surface area contributed by atoms with Gasteiger partial charge in [0.15, 0.2) is 4.34 Å². The van der Waals surface area contributed by atoms with E-state index in [0.717, 1.165) is 20.9 Å². The smallest absolute Gasteiger partial charge is 0.210 e. The maximum absolute atomic E-state index is 4.26. The lowest BCUT2D eigenvalue weighted by atomic mass is 10.0. The second kappa shape index (κ2) is 7.81. The zero-order chi connectivity index (χ0) is 16.9. The number of rotatable bonds is 6. The molecule has 2 aromatic carbocycles. The molecule has 1 N–H and O–H groups in total. The molecule has 0 fully saturated rings. The fourth-order valence-electron chi connectivity index (χ4n) is 2.22. The largest absolute Gasteiger partial charge is 0.330 e. The van der Waals surface area contributed by atoms with Crippen LogP contribution in [0.3, 0.4) is 0 Å². The van der Waals surface area contributed by atoms with Crippen molar-refractivity contribution in [1.29, 1.82) is 0 Å². The van der Waals surface area contributed by atoms with Crippen LogP contribution >= 0.6 is 23.1 Å². The van der Waals surface area contributed by atoms with Gasteiger partial charge in [0, 0.05) is 11.4 Å². The Morgan fingerprint density at radius 3 is 2.38 bits per heavy atom. The number of benzene rings is 2. The van der Waals surface area contributed by atoms with Crippen LogP contribution in [0.25, 0.3) is 0 Å². The van der Waals surface area contributed by atoms with Crippen molar-refractivity contribution in [3.8, 4) is 0 Å². The lowest BCUT2D eigenvalue weighted by molar-refractivity contribution is 0.866. The number of aromatic nitrogens is 2. The highest BCUT2D eigenvalue weighted by atomic mass is 32.2. The molecule has 3 rings (SSSR count). The fraction of sp³-hybridized carbons (Fsp3) is 0.263. The molecule has 1 heterocycles. The summed E-state index contributed by atoms with van der Waals surface area (Å²) >= 11 is 3.32. The van der Waals surface area contributed by atoms with E-state index in [1.165, 1.54) is 16.7 Å². The van der Waals surface area contributed by atoms with Crippen molar-refractivity contribution in [2.24, 2.45) is 0 Å². The van der Waals surface area contributed by atoms with Crippen LogP contribution in [0, 0.1) is 6.92 Å². The molecule has 0 saturated carbocycles. The van der Waals surface area contributed by atoms with Gasteiger partial charge in [-0.05, 0) is 36.1 Å². The molecule has 3 nitrogen and oxygen atoms in total. The second-order valence-corrected chi connectivity index (χ2v) is 8.25. The van der Waals surface area contributed by atoms with Crippen molar-refractivity contribution in [2.75, 3.05) is 5.32 Å². The van der Waals surface area contributed by atoms with Gasteiger partial charge in [0.2, 0.25) is 5.13 Å². The molecule has 0 radical (unpaired) electrons. The zero-order valence-electron chi connectivity index (χ0n) is 14.1. The van der Waals surface area contributed by atoms with E-state index < -0.39 is 0 Å². The summed E-state index contributed by atoms with van der Waals surface area (Å²) in [6.45, 7) is 6.51. The Hall–Kier alpha value is -1.85. The topological polar surface area (TPSA) is 37.8 Å². The molecule has 3 aromatic rings. The molecule has 0 bridgehead atoms. The molecule has 0 unspecified atom stereocenters. The Labute approximate surface area is 151 Å². The molecule has 0 aliphatic rings. The minimum atomic E-state index is 0.574. The minimum Gasteiger partial charge on any atom is -0.330 e. The first-order valence-corrected chi connectivity index (χ1v) is 9.79. The Kier molecular flexibility index (Phi) is 5.53. The van der Waals surface area contributed by atoms with Gasteiger partial charge in [0.25, 0.3) is 0 Å². The quantitative estimate of drug-likeness (QED) is 0.550. The van der Waals surface area contributed by atoms with Crippen LogP contribution in [-0.2, 0) is 5.75 Å². The van der Waals surface area contributed by atoms with E-state index in [0.29, 0.717) is 5.92 Å². The molecule has 0 spiro atoms. The SMILES string of the molecule is Cc1ccc(Nc2nnc(SCc3ccc(C(C)C)cc3)s2)cc1. The highest BCUT2D eigenvalue weighted by molar-refractivity contribution is 8.00. The molecule has 0 aliphatic carbocycles. The number of hydrogen-bond acceptors (Lipinski definition) is 5. The number of nitrogens with one attached hydrogen (secondary N) is 1. The Morgan fingerprint density at radius 1 is 1.00 bits per heavy atom. The predicted molar refractivity (Wildman–Crippen MR) is 104 cm³/mol. The summed E-state index contributed by atoms with van der Waals surface area (Å²) in [5.41, 5.74) is 4.98. The van der Waals surface area contributed by atoms with Gasteiger partial charge >= 0.3 is 0 Å². The summed E-state index contributed by atoms with van der Waals surface area (Å²) in [5, 5.41) is 12.6. The Balaban J connectivity index is 1.56. The molecule has 0 aliphatic heterocycles. The Bertz CT molecular complexity index is 777. The number of thioether (sulfide) groups is 1. The first-order chi connectivity index (χ1) is 11.6. The van der Waals surface area contributed by atoms with Gasteiger partial charge in [-0.15, -0.1) is 10.2 Å². The normalized spacial score (nSPS) is 11.0. The van der Waals surface area contributed by atoms with Crippen molar-refractivity contribution >= 4 is 33.9 Å². The van der Waals surface area contributed by atoms with Gasteiger partial charge in [-0.2, -0.15) is 0 Å². The van der Waals surface area contributed by atoms with Gasteiger partial charge in [0.05, 0.1) is 0 Å². The first kappa shape index (κ1) is 17.0. The maximum atomic E-state index is 4.26. The highest BCUT2D eigenvalue weighted by Gasteiger charge is 2.06. The summed E-state index contributed by atoms with van der Waals surface area (Å²) in [7, 11) is 0. The van der Waals surface area contributed by atoms with E-state index in [2.05, 4.69) is 84.8 Å². The third-order valence-electron chi connectivity index (χ3n) is 3.72. The first-order valence-electron chi connectivity index (χ1n) is 7.99. The van der Waals surface area contributed by atoms with Crippen LogP contribution < -0.4 is 5.32 Å². The standard InChI is InChI=1S/C19H21N3S2/c1-13(2)16-8-6-15(7-9-16)12-23-19-22-21-18(24-19)20-17-10-4-14(3)5-11-17/h4-11,13H,12H2,1-3H3,(H,20,21). The second-order valence-electron chi connectivity index (χ2n) is 6.05. The van der Waals surface area contributed by atoms with Gasteiger partial charge in [-0.1, -0.05) is 78.9 Å². The van der Waals surface area contributed by atoms with E-state index in [-0.39, 0.29) is 0 Å². The highest BCUT2D eigenvalue weighted by Crippen LogP contribution is 2.30. The average molecular weight is 356 g/mol. The zero-order valence-corrected chi connectivity index (χ0v) is 15.7. The van der Waals surface area contributed by atoms with Crippen LogP contribution in [0.5, 0.6) is 0 Å². The van der Waals surface area contributed by atoms with Crippen LogP contribution in [0.15, 0.2) is 52.9 Å². The van der Waals surface area contributed by atoms with Gasteiger partial charge in [-0.25, -0.2) is 0 Å². The minimum absolute atomic E-state index is 0.574. The molecule has 0 saturated heterocycles. The van der Waals surface area contributed by atoms with Gasteiger partial charge in [0.1, 0.15) is 0 Å². The van der Waals surface area contributed by atoms with E-state index in [1.54, 1.807) is 23.1 Å². The molecule has 24 heavy (non-hydrogen) atoms. The molecule has 124 valence electrons. The number of anilines is 2. The van der Waals surface area contributed by atoms with Crippen molar-refractivity contribution in [2.45, 2.75) is 36.8 Å². The van der Waals surface area contributed by atoms with Crippen molar-refractivity contribution < 1.29 is 0 Å². The third kappa shape index (κ3) is 4.58. The van der Waals surface area contributed by atoms with E-state index >= 15 is 0 Å². The summed E-state index contributed by atoms with van der Waals surface area (Å²) in [6.07, 6.45) is 0. The lowest BCUT2D eigenvalue weighted by Gasteiger charge is -2.06. The van der Waals surface area contributed by atoms with Crippen molar-refractivity contribution in [1.82, 2.24) is 10.2 Å². The van der Waals surface area contributed by atoms with E-state index in [4.69, 9.17) is 0 Å². The van der Waals surface area contributed by atoms with Crippen LogP contribution in [0.4, 0.5) is 10.8 Å². The summed E-state index contributed by atoms with van der Waals surface area (Å²) < 4.78 is 0.984. The van der Waals surface area contributed by atoms with Gasteiger partial charge < -0.3 is 5.32 Å². The average Bonchev–Trinajstić information content (AvgIpc) is 3.03. The Morgan fingerprint density at radius 2 is 1.71 bits per heavy atom. The van der Waals surface area contributed by atoms with Crippen molar-refractivity contribution in [3.05, 3.63) is 65.2 Å². The molecule has 0 atom stereocenters. The molecular formula is C19H21N3S2. The summed E-state index contributed by atoms with van der Waals surface area (Å²) in [4.78, 5) is 0. The maximum Gasteiger partial charge on any atom is 0.210 e. The summed E-state index contributed by atoms with van der Waals surface area (Å²) in [5.74, 6) is 1.49. The number of nitrogens with zero attached hydrogens (tertiary/aromatic N) is 2.